The third-order valence-corrected chi connectivity index (χ3v) is 3.51. The number of carbonyl (C=O) groups is 1. The molecule has 2 aromatic carbocycles. The molecule has 0 aliphatic rings. The minimum Gasteiger partial charge on any atom is -0.352 e. The van der Waals surface area contributed by atoms with Crippen molar-refractivity contribution < 1.29 is 4.79 Å². The van der Waals surface area contributed by atoms with Crippen LogP contribution < -0.4 is 11.1 Å². The van der Waals surface area contributed by atoms with Gasteiger partial charge in [0.1, 0.15) is 0 Å². The molecular formula is C18H22N2O. The Morgan fingerprint density at radius 1 is 1.10 bits per heavy atom. The lowest BCUT2D eigenvalue weighted by Crippen LogP contribution is -2.31. The highest BCUT2D eigenvalue weighted by Gasteiger charge is 2.11. The highest BCUT2D eigenvalue weighted by atomic mass is 16.1. The molecule has 0 aliphatic carbocycles. The SMILES string of the molecule is CC(CN)CNC(=O)c1ccccc1Cc1ccccc1. The van der Waals surface area contributed by atoms with Crippen molar-refractivity contribution in [3.63, 3.8) is 0 Å². The van der Waals surface area contributed by atoms with E-state index >= 15 is 0 Å². The number of benzene rings is 2. The van der Waals surface area contributed by atoms with Crippen molar-refractivity contribution in [2.75, 3.05) is 13.1 Å². The van der Waals surface area contributed by atoms with Gasteiger partial charge in [0.15, 0.2) is 0 Å². The van der Waals surface area contributed by atoms with Crippen molar-refractivity contribution in [2.45, 2.75) is 13.3 Å². The van der Waals surface area contributed by atoms with Crippen molar-refractivity contribution in [3.8, 4) is 0 Å². The number of hydrogen-bond acceptors (Lipinski definition) is 2. The quantitative estimate of drug-likeness (QED) is 0.855. The van der Waals surface area contributed by atoms with Crippen molar-refractivity contribution in [1.82, 2.24) is 5.32 Å². The van der Waals surface area contributed by atoms with Gasteiger partial charge in [-0.25, -0.2) is 0 Å². The number of amides is 1. The van der Waals surface area contributed by atoms with Crippen LogP contribution in [0.15, 0.2) is 54.6 Å². The monoisotopic (exact) mass is 282 g/mol. The number of nitrogens with one attached hydrogen (secondary N) is 1. The summed E-state index contributed by atoms with van der Waals surface area (Å²) in [4.78, 5) is 12.3. The van der Waals surface area contributed by atoms with Gasteiger partial charge in [-0.3, -0.25) is 4.79 Å². The summed E-state index contributed by atoms with van der Waals surface area (Å²) < 4.78 is 0. The van der Waals surface area contributed by atoms with Gasteiger partial charge in [0.2, 0.25) is 0 Å². The molecule has 0 radical (unpaired) electrons. The summed E-state index contributed by atoms with van der Waals surface area (Å²) >= 11 is 0. The van der Waals surface area contributed by atoms with Crippen LogP contribution in [-0.2, 0) is 6.42 Å². The third-order valence-electron chi connectivity index (χ3n) is 3.51. The third kappa shape index (κ3) is 4.43. The summed E-state index contributed by atoms with van der Waals surface area (Å²) in [6.07, 6.45) is 0.761. The highest BCUT2D eigenvalue weighted by molar-refractivity contribution is 5.95. The lowest BCUT2D eigenvalue weighted by Gasteiger charge is -2.13. The maximum Gasteiger partial charge on any atom is 0.251 e. The molecule has 1 amide bonds. The minimum atomic E-state index is -0.0261. The first-order valence-corrected chi connectivity index (χ1v) is 7.30. The Hall–Kier alpha value is -2.13. The molecule has 3 N–H and O–H groups in total. The van der Waals surface area contributed by atoms with Crippen LogP contribution in [0.4, 0.5) is 0 Å². The van der Waals surface area contributed by atoms with Gasteiger partial charge in [-0.2, -0.15) is 0 Å². The summed E-state index contributed by atoms with van der Waals surface area (Å²) in [5.74, 6) is 0.261. The fourth-order valence-electron chi connectivity index (χ4n) is 2.16. The van der Waals surface area contributed by atoms with Crippen LogP contribution in [0.5, 0.6) is 0 Å². The van der Waals surface area contributed by atoms with E-state index in [9.17, 15) is 4.79 Å². The van der Waals surface area contributed by atoms with E-state index in [1.807, 2.05) is 49.4 Å². The molecule has 0 heterocycles. The fourth-order valence-corrected chi connectivity index (χ4v) is 2.16. The van der Waals surface area contributed by atoms with E-state index in [0.29, 0.717) is 13.1 Å². The molecule has 0 saturated heterocycles. The molecule has 0 spiro atoms. The fraction of sp³-hybridized carbons (Fsp3) is 0.278. The largest absolute Gasteiger partial charge is 0.352 e. The van der Waals surface area contributed by atoms with Crippen molar-refractivity contribution in [2.24, 2.45) is 11.7 Å². The zero-order chi connectivity index (χ0) is 15.1. The van der Waals surface area contributed by atoms with Gasteiger partial charge in [0.25, 0.3) is 5.91 Å². The number of hydrogen-bond donors (Lipinski definition) is 2. The molecule has 0 aliphatic heterocycles. The van der Waals surface area contributed by atoms with Gasteiger partial charge in [-0.05, 0) is 36.1 Å². The van der Waals surface area contributed by atoms with E-state index in [2.05, 4.69) is 17.4 Å². The summed E-state index contributed by atoms with van der Waals surface area (Å²) in [5, 5.41) is 2.96. The maximum atomic E-state index is 12.3. The standard InChI is InChI=1S/C18H22N2O/c1-14(12-19)13-20-18(21)17-10-6-5-9-16(17)11-15-7-3-2-4-8-15/h2-10,14H,11-13,19H2,1H3,(H,20,21). The van der Waals surface area contributed by atoms with Gasteiger partial charge in [0, 0.05) is 12.1 Å². The van der Waals surface area contributed by atoms with E-state index in [1.54, 1.807) is 0 Å². The predicted octanol–water partition coefficient (Wildman–Crippen LogP) is 2.60. The Morgan fingerprint density at radius 3 is 2.48 bits per heavy atom. The number of carbonyl (C=O) groups excluding carboxylic acids is 1. The summed E-state index contributed by atoms with van der Waals surface area (Å²) in [6.45, 7) is 3.21. The summed E-state index contributed by atoms with van der Waals surface area (Å²) in [5.41, 5.74) is 8.56. The maximum absolute atomic E-state index is 12.3. The van der Waals surface area contributed by atoms with Crippen LogP contribution in [0.3, 0.4) is 0 Å². The Kier molecular flexibility index (Phi) is 5.52. The Bertz CT molecular complexity index is 581. The molecule has 0 bridgehead atoms. The molecule has 2 rings (SSSR count). The van der Waals surface area contributed by atoms with Gasteiger partial charge >= 0.3 is 0 Å². The first-order valence-electron chi connectivity index (χ1n) is 7.30. The molecule has 3 nitrogen and oxygen atoms in total. The molecule has 21 heavy (non-hydrogen) atoms. The molecular weight excluding hydrogens is 260 g/mol. The second kappa shape index (κ2) is 7.60. The Labute approximate surface area is 126 Å². The molecule has 110 valence electrons. The lowest BCUT2D eigenvalue weighted by molar-refractivity contribution is 0.0948. The molecule has 1 unspecified atom stereocenters. The van der Waals surface area contributed by atoms with E-state index in [1.165, 1.54) is 5.56 Å². The van der Waals surface area contributed by atoms with Crippen molar-refractivity contribution in [1.29, 1.82) is 0 Å². The average molecular weight is 282 g/mol. The highest BCUT2D eigenvalue weighted by Crippen LogP contribution is 2.14. The van der Waals surface area contributed by atoms with E-state index < -0.39 is 0 Å². The van der Waals surface area contributed by atoms with Crippen molar-refractivity contribution in [3.05, 3.63) is 71.3 Å². The van der Waals surface area contributed by atoms with E-state index in [0.717, 1.165) is 17.5 Å². The van der Waals surface area contributed by atoms with Crippen LogP contribution in [0.2, 0.25) is 0 Å². The Balaban J connectivity index is 2.11. The summed E-state index contributed by atoms with van der Waals surface area (Å²) in [6, 6.07) is 17.9. The topological polar surface area (TPSA) is 55.1 Å². The van der Waals surface area contributed by atoms with Crippen LogP contribution in [0.25, 0.3) is 0 Å². The van der Waals surface area contributed by atoms with Gasteiger partial charge in [-0.15, -0.1) is 0 Å². The minimum absolute atomic E-state index is 0.0261. The molecule has 1 atom stereocenters. The zero-order valence-electron chi connectivity index (χ0n) is 12.4. The van der Waals surface area contributed by atoms with E-state index in [4.69, 9.17) is 5.73 Å². The number of rotatable bonds is 6. The second-order valence-corrected chi connectivity index (χ2v) is 5.37. The predicted molar refractivity (Wildman–Crippen MR) is 86.2 cm³/mol. The lowest BCUT2D eigenvalue weighted by atomic mass is 9.99. The normalized spacial score (nSPS) is 11.9. The smallest absolute Gasteiger partial charge is 0.251 e. The Morgan fingerprint density at radius 2 is 1.76 bits per heavy atom. The first-order chi connectivity index (χ1) is 10.2. The molecule has 0 saturated carbocycles. The van der Waals surface area contributed by atoms with Gasteiger partial charge < -0.3 is 11.1 Å². The molecule has 0 aromatic heterocycles. The van der Waals surface area contributed by atoms with Crippen LogP contribution in [0.1, 0.15) is 28.4 Å². The molecule has 3 heteroatoms. The second-order valence-electron chi connectivity index (χ2n) is 5.37. The average Bonchev–Trinajstić information content (AvgIpc) is 2.53. The van der Waals surface area contributed by atoms with Crippen LogP contribution in [0, 0.1) is 5.92 Å². The van der Waals surface area contributed by atoms with Gasteiger partial charge in [0.05, 0.1) is 0 Å². The first kappa shape index (κ1) is 15.3. The number of nitrogens with two attached hydrogens (primary N) is 1. The molecule has 2 aromatic rings. The van der Waals surface area contributed by atoms with Gasteiger partial charge in [-0.1, -0.05) is 55.5 Å². The van der Waals surface area contributed by atoms with Crippen molar-refractivity contribution >= 4 is 5.91 Å². The van der Waals surface area contributed by atoms with E-state index in [-0.39, 0.29) is 11.8 Å². The van der Waals surface area contributed by atoms with Crippen LogP contribution in [-0.4, -0.2) is 19.0 Å². The van der Waals surface area contributed by atoms with Crippen LogP contribution >= 0.6 is 0 Å². The molecule has 0 fully saturated rings. The zero-order valence-corrected chi connectivity index (χ0v) is 12.4. The summed E-state index contributed by atoms with van der Waals surface area (Å²) in [7, 11) is 0.